The molecule has 1 aromatic rings. The Bertz CT molecular complexity index is 454. The largest absolute Gasteiger partial charge is 0.481 e. The van der Waals surface area contributed by atoms with Crippen LogP contribution in [0.1, 0.15) is 46.8 Å². The molecule has 1 unspecified atom stereocenters. The molecule has 19 heavy (non-hydrogen) atoms. The number of rotatable bonds is 7. The Morgan fingerprint density at radius 1 is 1.47 bits per heavy atom. The standard InChI is InChI=1S/C14H21NO3S/c1-4-5-11-7-12(19-10(11)3)14(18)15-8-9(2)6-13(16)17/h7,9H,4-6,8H2,1-3H3,(H,15,18)(H,16,17). The van der Waals surface area contributed by atoms with Gasteiger partial charge in [-0.1, -0.05) is 20.3 Å². The van der Waals surface area contributed by atoms with Gasteiger partial charge >= 0.3 is 5.97 Å². The summed E-state index contributed by atoms with van der Waals surface area (Å²) in [5, 5.41) is 11.4. The second-order valence-electron chi connectivity index (χ2n) is 4.86. The molecule has 0 saturated heterocycles. The summed E-state index contributed by atoms with van der Waals surface area (Å²) >= 11 is 1.50. The van der Waals surface area contributed by atoms with E-state index in [4.69, 9.17) is 5.11 Å². The number of carboxylic acid groups (broad SMARTS) is 1. The van der Waals surface area contributed by atoms with Crippen LogP contribution in [0.5, 0.6) is 0 Å². The van der Waals surface area contributed by atoms with Gasteiger partial charge in [-0.15, -0.1) is 11.3 Å². The third kappa shape index (κ3) is 5.03. The van der Waals surface area contributed by atoms with Gasteiger partial charge in [0, 0.05) is 17.8 Å². The first-order valence-corrected chi connectivity index (χ1v) is 7.35. The Morgan fingerprint density at radius 3 is 2.74 bits per heavy atom. The molecule has 1 heterocycles. The normalized spacial score (nSPS) is 12.2. The quantitative estimate of drug-likeness (QED) is 0.808. The van der Waals surface area contributed by atoms with Crippen molar-refractivity contribution in [1.82, 2.24) is 5.32 Å². The lowest BCUT2D eigenvalue weighted by molar-refractivity contribution is -0.137. The monoisotopic (exact) mass is 283 g/mol. The van der Waals surface area contributed by atoms with Gasteiger partial charge in [0.05, 0.1) is 4.88 Å². The van der Waals surface area contributed by atoms with Crippen LogP contribution in [0.15, 0.2) is 6.07 Å². The maximum absolute atomic E-state index is 12.0. The third-order valence-electron chi connectivity index (χ3n) is 2.90. The summed E-state index contributed by atoms with van der Waals surface area (Å²) in [5.74, 6) is -0.996. The van der Waals surface area contributed by atoms with E-state index in [1.807, 2.05) is 19.9 Å². The number of amides is 1. The van der Waals surface area contributed by atoms with E-state index >= 15 is 0 Å². The Balaban J connectivity index is 2.54. The van der Waals surface area contributed by atoms with Crippen molar-refractivity contribution >= 4 is 23.2 Å². The molecule has 0 aliphatic heterocycles. The van der Waals surface area contributed by atoms with Crippen molar-refractivity contribution < 1.29 is 14.7 Å². The lowest BCUT2D eigenvalue weighted by Crippen LogP contribution is -2.28. The van der Waals surface area contributed by atoms with Crippen LogP contribution >= 0.6 is 11.3 Å². The molecule has 0 spiro atoms. The summed E-state index contributed by atoms with van der Waals surface area (Å²) in [6.45, 7) is 6.35. The number of thiophene rings is 1. The summed E-state index contributed by atoms with van der Waals surface area (Å²) in [5.41, 5.74) is 1.23. The van der Waals surface area contributed by atoms with Gasteiger partial charge in [-0.3, -0.25) is 9.59 Å². The molecule has 1 rings (SSSR count). The van der Waals surface area contributed by atoms with Crippen molar-refractivity contribution in [2.45, 2.75) is 40.0 Å². The molecule has 1 amide bonds. The van der Waals surface area contributed by atoms with Crippen LogP contribution in [0, 0.1) is 12.8 Å². The Hall–Kier alpha value is -1.36. The van der Waals surface area contributed by atoms with E-state index in [9.17, 15) is 9.59 Å². The van der Waals surface area contributed by atoms with Crippen molar-refractivity contribution in [2.24, 2.45) is 5.92 Å². The molecular formula is C14H21NO3S. The van der Waals surface area contributed by atoms with Crippen molar-refractivity contribution in [3.8, 4) is 0 Å². The highest BCUT2D eigenvalue weighted by molar-refractivity contribution is 7.14. The van der Waals surface area contributed by atoms with Crippen LogP contribution in [-0.4, -0.2) is 23.5 Å². The molecule has 1 aromatic heterocycles. The zero-order valence-corrected chi connectivity index (χ0v) is 12.5. The Morgan fingerprint density at radius 2 is 2.16 bits per heavy atom. The molecule has 0 aliphatic carbocycles. The Labute approximate surface area is 117 Å². The number of nitrogens with one attached hydrogen (secondary N) is 1. The summed E-state index contributed by atoms with van der Waals surface area (Å²) in [4.78, 5) is 24.4. The smallest absolute Gasteiger partial charge is 0.303 e. The predicted octanol–water partition coefficient (Wildman–Crippen LogP) is 2.85. The van der Waals surface area contributed by atoms with Gasteiger partial charge in [0.25, 0.3) is 5.91 Å². The summed E-state index contributed by atoms with van der Waals surface area (Å²) in [7, 11) is 0. The van der Waals surface area contributed by atoms with Crippen LogP contribution < -0.4 is 5.32 Å². The lowest BCUT2D eigenvalue weighted by atomic mass is 10.1. The maximum Gasteiger partial charge on any atom is 0.303 e. The van der Waals surface area contributed by atoms with Gasteiger partial charge in [0.15, 0.2) is 0 Å². The molecule has 4 nitrogen and oxygen atoms in total. The molecule has 0 fully saturated rings. The number of carboxylic acids is 1. The van der Waals surface area contributed by atoms with Crippen LogP contribution in [0.4, 0.5) is 0 Å². The maximum atomic E-state index is 12.0. The fourth-order valence-corrected chi connectivity index (χ4v) is 2.86. The van der Waals surface area contributed by atoms with Crippen LogP contribution in [0.3, 0.4) is 0 Å². The van der Waals surface area contributed by atoms with E-state index in [1.165, 1.54) is 21.8 Å². The van der Waals surface area contributed by atoms with E-state index in [-0.39, 0.29) is 18.2 Å². The van der Waals surface area contributed by atoms with E-state index in [0.29, 0.717) is 11.4 Å². The number of carbonyl (C=O) groups is 2. The molecule has 0 aliphatic rings. The molecule has 0 aromatic carbocycles. The van der Waals surface area contributed by atoms with Crippen molar-refractivity contribution in [3.63, 3.8) is 0 Å². The summed E-state index contributed by atoms with van der Waals surface area (Å²) < 4.78 is 0. The first kappa shape index (κ1) is 15.7. The summed E-state index contributed by atoms with van der Waals surface area (Å²) in [6.07, 6.45) is 2.13. The molecule has 5 heteroatoms. The molecule has 2 N–H and O–H groups in total. The number of aliphatic carboxylic acids is 1. The summed E-state index contributed by atoms with van der Waals surface area (Å²) in [6, 6.07) is 1.95. The Kier molecular flexibility index (Phi) is 6.02. The minimum atomic E-state index is -0.834. The van der Waals surface area contributed by atoms with Crippen molar-refractivity contribution in [3.05, 3.63) is 21.4 Å². The second kappa shape index (κ2) is 7.28. The third-order valence-corrected chi connectivity index (χ3v) is 3.99. The number of hydrogen-bond acceptors (Lipinski definition) is 3. The van der Waals surface area contributed by atoms with E-state index in [2.05, 4.69) is 12.2 Å². The SMILES string of the molecule is CCCc1cc(C(=O)NCC(C)CC(=O)O)sc1C. The van der Waals surface area contributed by atoms with E-state index in [0.717, 1.165) is 12.8 Å². The average Bonchev–Trinajstić information content (AvgIpc) is 2.68. The highest BCUT2D eigenvalue weighted by Crippen LogP contribution is 2.22. The highest BCUT2D eigenvalue weighted by atomic mass is 32.1. The fraction of sp³-hybridized carbons (Fsp3) is 0.571. The molecule has 106 valence electrons. The van der Waals surface area contributed by atoms with Crippen LogP contribution in [-0.2, 0) is 11.2 Å². The highest BCUT2D eigenvalue weighted by Gasteiger charge is 2.14. The minimum Gasteiger partial charge on any atom is -0.481 e. The van der Waals surface area contributed by atoms with Gasteiger partial charge < -0.3 is 10.4 Å². The topological polar surface area (TPSA) is 66.4 Å². The van der Waals surface area contributed by atoms with Crippen molar-refractivity contribution in [2.75, 3.05) is 6.54 Å². The second-order valence-corrected chi connectivity index (χ2v) is 6.11. The lowest BCUT2D eigenvalue weighted by Gasteiger charge is -2.09. The fourth-order valence-electron chi connectivity index (χ4n) is 1.87. The van der Waals surface area contributed by atoms with Crippen LogP contribution in [0.2, 0.25) is 0 Å². The first-order chi connectivity index (χ1) is 8.93. The van der Waals surface area contributed by atoms with E-state index < -0.39 is 5.97 Å². The first-order valence-electron chi connectivity index (χ1n) is 6.53. The van der Waals surface area contributed by atoms with Crippen molar-refractivity contribution in [1.29, 1.82) is 0 Å². The van der Waals surface area contributed by atoms with Gasteiger partial charge in [0.1, 0.15) is 0 Å². The van der Waals surface area contributed by atoms with Gasteiger partial charge in [-0.05, 0) is 30.9 Å². The molecule has 0 saturated carbocycles. The average molecular weight is 283 g/mol. The zero-order valence-electron chi connectivity index (χ0n) is 11.7. The van der Waals surface area contributed by atoms with Gasteiger partial charge in [0.2, 0.25) is 0 Å². The van der Waals surface area contributed by atoms with Crippen LogP contribution in [0.25, 0.3) is 0 Å². The van der Waals surface area contributed by atoms with Gasteiger partial charge in [-0.25, -0.2) is 0 Å². The van der Waals surface area contributed by atoms with Gasteiger partial charge in [-0.2, -0.15) is 0 Å². The predicted molar refractivity (Wildman–Crippen MR) is 76.8 cm³/mol. The van der Waals surface area contributed by atoms with E-state index in [1.54, 1.807) is 0 Å². The zero-order chi connectivity index (χ0) is 14.4. The molecule has 0 radical (unpaired) electrons. The molecular weight excluding hydrogens is 262 g/mol. The number of carbonyl (C=O) groups excluding carboxylic acids is 1. The number of aryl methyl sites for hydroxylation is 2. The molecule has 0 bridgehead atoms. The minimum absolute atomic E-state index is 0.0578. The number of hydrogen-bond donors (Lipinski definition) is 2. The molecule has 1 atom stereocenters.